The van der Waals surface area contributed by atoms with Crippen LogP contribution in [0, 0.1) is 0 Å². The average Bonchev–Trinajstić information content (AvgIpc) is 3.28. The molecule has 0 aliphatic carbocycles. The number of aromatic nitrogens is 2. The second kappa shape index (κ2) is 7.85. The summed E-state index contributed by atoms with van der Waals surface area (Å²) in [5, 5.41) is 4.63. The van der Waals surface area contributed by atoms with Gasteiger partial charge in [0, 0.05) is 12.7 Å². The number of nitrogens with zero attached hydrogens (tertiary/aromatic N) is 2. The van der Waals surface area contributed by atoms with Crippen molar-refractivity contribution >= 4 is 23.5 Å². The van der Waals surface area contributed by atoms with E-state index in [0.29, 0.717) is 27.9 Å². The zero-order valence-electron chi connectivity index (χ0n) is 13.7. The smallest absolute Gasteiger partial charge is 0.189 e. The summed E-state index contributed by atoms with van der Waals surface area (Å²) in [7, 11) is 0. The van der Waals surface area contributed by atoms with Crippen molar-refractivity contribution in [3.63, 3.8) is 0 Å². The van der Waals surface area contributed by atoms with Gasteiger partial charge in [-0.05, 0) is 43.3 Å². The molecule has 3 rings (SSSR count). The maximum atomic E-state index is 12.1. The molecule has 0 saturated heterocycles. The second-order valence-electron chi connectivity index (χ2n) is 5.31. The zero-order valence-corrected chi connectivity index (χ0v) is 14.4. The van der Waals surface area contributed by atoms with Gasteiger partial charge in [-0.15, -0.1) is 0 Å². The molecule has 0 spiro atoms. The summed E-state index contributed by atoms with van der Waals surface area (Å²) < 4.78 is 13.0. The number of ketones is 1. The Morgan fingerprint density at radius 1 is 1.32 bits per heavy atom. The van der Waals surface area contributed by atoms with Crippen molar-refractivity contribution in [2.75, 3.05) is 0 Å². The van der Waals surface area contributed by atoms with Crippen LogP contribution < -0.4 is 4.74 Å². The average molecular weight is 357 g/mol. The number of hydrogen-bond acceptors (Lipinski definition) is 4. The van der Waals surface area contributed by atoms with E-state index >= 15 is 0 Å². The number of allylic oxidation sites excluding steroid dienone is 1. The van der Waals surface area contributed by atoms with Crippen molar-refractivity contribution in [2.24, 2.45) is 0 Å². The van der Waals surface area contributed by atoms with Crippen LogP contribution in [0.3, 0.4) is 0 Å². The fraction of sp³-hybridized carbons (Fsp3) is 0.158. The minimum absolute atomic E-state index is 0.120. The summed E-state index contributed by atoms with van der Waals surface area (Å²) in [5.41, 5.74) is 0.548. The number of para-hydroxylation sites is 1. The lowest BCUT2D eigenvalue weighted by Crippen LogP contribution is -1.94. The largest absolute Gasteiger partial charge is 0.484 e. The molecule has 128 valence electrons. The molecule has 3 aromatic rings. The van der Waals surface area contributed by atoms with Crippen molar-refractivity contribution in [3.05, 3.63) is 77.0 Å². The van der Waals surface area contributed by atoms with Crippen molar-refractivity contribution in [2.45, 2.75) is 20.1 Å². The Kier molecular flexibility index (Phi) is 5.36. The molecule has 0 bridgehead atoms. The first-order chi connectivity index (χ1) is 12.2. The first-order valence-corrected chi connectivity index (χ1v) is 8.24. The summed E-state index contributed by atoms with van der Waals surface area (Å²) in [6, 6.07) is 10.8. The molecule has 0 atom stereocenters. The van der Waals surface area contributed by atoms with Gasteiger partial charge in [-0.3, -0.25) is 9.48 Å². The fourth-order valence-electron chi connectivity index (χ4n) is 2.19. The first-order valence-electron chi connectivity index (χ1n) is 7.86. The Morgan fingerprint density at radius 2 is 2.16 bits per heavy atom. The third-order valence-corrected chi connectivity index (χ3v) is 3.84. The summed E-state index contributed by atoms with van der Waals surface area (Å²) >= 11 is 6.04. The van der Waals surface area contributed by atoms with E-state index in [1.165, 1.54) is 6.08 Å². The van der Waals surface area contributed by atoms with Gasteiger partial charge >= 0.3 is 0 Å². The fourth-order valence-corrected chi connectivity index (χ4v) is 2.38. The van der Waals surface area contributed by atoms with E-state index in [-0.39, 0.29) is 12.4 Å². The number of hydrogen-bond donors (Lipinski definition) is 0. The van der Waals surface area contributed by atoms with Crippen molar-refractivity contribution in [1.29, 1.82) is 0 Å². The minimum Gasteiger partial charge on any atom is -0.484 e. The molecule has 0 aliphatic rings. The molecule has 0 N–H and O–H groups in total. The van der Waals surface area contributed by atoms with Gasteiger partial charge in [-0.1, -0.05) is 23.7 Å². The number of aryl methyl sites for hydroxylation is 1. The Labute approximate surface area is 150 Å². The predicted octanol–water partition coefficient (Wildman–Crippen LogP) is 4.62. The van der Waals surface area contributed by atoms with E-state index in [4.69, 9.17) is 20.8 Å². The molecule has 0 amide bonds. The lowest BCUT2D eigenvalue weighted by atomic mass is 10.2. The van der Waals surface area contributed by atoms with Crippen molar-refractivity contribution in [3.8, 4) is 5.75 Å². The highest BCUT2D eigenvalue weighted by molar-refractivity contribution is 6.32. The van der Waals surface area contributed by atoms with Gasteiger partial charge in [0.15, 0.2) is 5.78 Å². The monoisotopic (exact) mass is 356 g/mol. The van der Waals surface area contributed by atoms with E-state index < -0.39 is 0 Å². The molecule has 6 heteroatoms. The zero-order chi connectivity index (χ0) is 17.6. The van der Waals surface area contributed by atoms with Crippen LogP contribution in [0.1, 0.15) is 28.8 Å². The molecule has 0 saturated carbocycles. The summed E-state index contributed by atoms with van der Waals surface area (Å²) in [6.45, 7) is 2.95. The summed E-state index contributed by atoms with van der Waals surface area (Å²) in [5.74, 6) is 1.70. The molecular formula is C19H17ClN2O3. The number of ether oxygens (including phenoxy) is 1. The molecule has 2 aromatic heterocycles. The molecule has 25 heavy (non-hydrogen) atoms. The van der Waals surface area contributed by atoms with E-state index in [1.54, 1.807) is 47.4 Å². The number of carbonyl (C=O) groups excluding carboxylic acids is 1. The van der Waals surface area contributed by atoms with Crippen molar-refractivity contribution < 1.29 is 13.9 Å². The summed E-state index contributed by atoms with van der Waals surface area (Å²) in [6.07, 6.45) is 6.37. The maximum Gasteiger partial charge on any atom is 0.189 e. The number of benzene rings is 1. The van der Waals surface area contributed by atoms with Crippen LogP contribution in [-0.2, 0) is 13.2 Å². The second-order valence-corrected chi connectivity index (χ2v) is 5.71. The Balaban J connectivity index is 1.59. The van der Waals surface area contributed by atoms with E-state index in [2.05, 4.69) is 5.10 Å². The first kappa shape index (κ1) is 17.0. The van der Waals surface area contributed by atoms with Gasteiger partial charge in [0.25, 0.3) is 0 Å². The Morgan fingerprint density at radius 3 is 2.92 bits per heavy atom. The normalized spacial score (nSPS) is 11.1. The van der Waals surface area contributed by atoms with E-state index in [9.17, 15) is 4.79 Å². The Bertz CT molecular complexity index is 895. The van der Waals surface area contributed by atoms with Gasteiger partial charge in [0.2, 0.25) is 0 Å². The van der Waals surface area contributed by atoms with Crippen LogP contribution in [0.5, 0.6) is 5.75 Å². The highest BCUT2D eigenvalue weighted by atomic mass is 35.5. The molecule has 0 unspecified atom stereocenters. The van der Waals surface area contributed by atoms with Crippen LogP contribution in [-0.4, -0.2) is 15.6 Å². The standard InChI is InChI=1S/C19H17ClN2O3/c1-2-22-12-14(11-21-22)18(23)10-9-15-7-8-16(25-15)13-24-19-6-4-3-5-17(19)20/h3-12H,2,13H2,1H3/b10-9+. The maximum absolute atomic E-state index is 12.1. The Hall–Kier alpha value is -2.79. The predicted molar refractivity (Wildman–Crippen MR) is 95.8 cm³/mol. The van der Waals surface area contributed by atoms with Gasteiger partial charge in [0.05, 0.1) is 16.8 Å². The topological polar surface area (TPSA) is 57.3 Å². The van der Waals surface area contributed by atoms with Crippen LogP contribution in [0.25, 0.3) is 6.08 Å². The highest BCUT2D eigenvalue weighted by Crippen LogP contribution is 2.24. The SMILES string of the molecule is CCn1cc(C(=O)/C=C/c2ccc(COc3ccccc3Cl)o2)cn1. The van der Waals surface area contributed by atoms with Gasteiger partial charge in [0.1, 0.15) is 23.9 Å². The van der Waals surface area contributed by atoms with Gasteiger partial charge in [-0.2, -0.15) is 5.10 Å². The quantitative estimate of drug-likeness (QED) is 0.457. The lowest BCUT2D eigenvalue weighted by molar-refractivity contribution is 0.104. The van der Waals surface area contributed by atoms with E-state index in [0.717, 1.165) is 6.54 Å². The molecule has 5 nitrogen and oxygen atoms in total. The molecular weight excluding hydrogens is 340 g/mol. The van der Waals surface area contributed by atoms with E-state index in [1.807, 2.05) is 19.1 Å². The van der Waals surface area contributed by atoms with Crippen LogP contribution in [0.2, 0.25) is 5.02 Å². The molecule has 0 radical (unpaired) electrons. The molecule has 1 aromatic carbocycles. The lowest BCUT2D eigenvalue weighted by Gasteiger charge is -2.05. The minimum atomic E-state index is -0.120. The molecule has 2 heterocycles. The third-order valence-electron chi connectivity index (χ3n) is 3.53. The number of carbonyl (C=O) groups is 1. The molecule has 0 aliphatic heterocycles. The number of rotatable bonds is 7. The summed E-state index contributed by atoms with van der Waals surface area (Å²) in [4.78, 5) is 12.1. The van der Waals surface area contributed by atoms with Gasteiger partial charge < -0.3 is 9.15 Å². The molecule has 0 fully saturated rings. The third kappa shape index (κ3) is 4.39. The van der Waals surface area contributed by atoms with Crippen LogP contribution in [0.15, 0.2) is 59.3 Å². The van der Waals surface area contributed by atoms with Crippen LogP contribution in [0.4, 0.5) is 0 Å². The highest BCUT2D eigenvalue weighted by Gasteiger charge is 2.06. The van der Waals surface area contributed by atoms with Crippen molar-refractivity contribution in [1.82, 2.24) is 9.78 Å². The number of halogens is 1. The van der Waals surface area contributed by atoms with Gasteiger partial charge in [-0.25, -0.2) is 0 Å². The number of furan rings is 1. The van der Waals surface area contributed by atoms with Crippen LogP contribution >= 0.6 is 11.6 Å².